The highest BCUT2D eigenvalue weighted by Gasteiger charge is 2.10. The lowest BCUT2D eigenvalue weighted by Crippen LogP contribution is -2.19. The maximum atomic E-state index is 13.7. The van der Waals surface area contributed by atoms with Gasteiger partial charge >= 0.3 is 6.03 Å². The number of fused-ring (bicyclic) bond motifs is 1. The number of carbonyl (C=O) groups excluding carboxylic acids is 1. The Balaban J connectivity index is 1.31. The van der Waals surface area contributed by atoms with Gasteiger partial charge in [0.2, 0.25) is 0 Å². The molecule has 0 radical (unpaired) electrons. The van der Waals surface area contributed by atoms with Crippen LogP contribution in [0.25, 0.3) is 10.2 Å². The number of benzene rings is 1. The van der Waals surface area contributed by atoms with E-state index in [1.54, 1.807) is 17.5 Å². The van der Waals surface area contributed by atoms with E-state index in [9.17, 15) is 9.18 Å². The Hall–Kier alpha value is -2.82. The number of thiazole rings is 1. The van der Waals surface area contributed by atoms with Crippen LogP contribution in [0.5, 0.6) is 0 Å². The van der Waals surface area contributed by atoms with Gasteiger partial charge < -0.3 is 10.6 Å². The first-order chi connectivity index (χ1) is 14.1. The molecule has 4 aromatic rings. The molecule has 0 aliphatic heterocycles. The SMILES string of the molecule is O=C(Nc1ncc(CCNc2ncnc3ccsc23)s1)Nc1cc(Cl)ccc1F. The van der Waals surface area contributed by atoms with Crippen molar-refractivity contribution in [3.63, 3.8) is 0 Å². The maximum Gasteiger partial charge on any atom is 0.325 e. The van der Waals surface area contributed by atoms with E-state index in [1.807, 2.05) is 11.4 Å². The summed E-state index contributed by atoms with van der Waals surface area (Å²) in [6, 6.07) is 5.30. The van der Waals surface area contributed by atoms with Crippen molar-refractivity contribution in [2.75, 3.05) is 22.5 Å². The second-order valence-corrected chi connectivity index (χ2v) is 8.34. The monoisotopic (exact) mass is 448 g/mol. The van der Waals surface area contributed by atoms with Gasteiger partial charge in [-0.3, -0.25) is 5.32 Å². The van der Waals surface area contributed by atoms with Crippen LogP contribution in [-0.2, 0) is 6.42 Å². The van der Waals surface area contributed by atoms with E-state index >= 15 is 0 Å². The van der Waals surface area contributed by atoms with E-state index in [-0.39, 0.29) is 5.69 Å². The van der Waals surface area contributed by atoms with Crippen LogP contribution in [0.4, 0.5) is 25.8 Å². The van der Waals surface area contributed by atoms with Gasteiger partial charge in [0.15, 0.2) is 5.13 Å². The van der Waals surface area contributed by atoms with Crippen LogP contribution in [0.3, 0.4) is 0 Å². The topological polar surface area (TPSA) is 91.8 Å². The third kappa shape index (κ3) is 4.78. The summed E-state index contributed by atoms with van der Waals surface area (Å²) in [5, 5.41) is 11.0. The lowest BCUT2D eigenvalue weighted by Gasteiger charge is -2.06. The number of amides is 2. The third-order valence-electron chi connectivity index (χ3n) is 3.86. The Labute approximate surface area is 178 Å². The van der Waals surface area contributed by atoms with Gasteiger partial charge in [0.1, 0.15) is 18.0 Å². The van der Waals surface area contributed by atoms with Crippen molar-refractivity contribution in [2.45, 2.75) is 6.42 Å². The smallest absolute Gasteiger partial charge is 0.325 e. The summed E-state index contributed by atoms with van der Waals surface area (Å²) in [5.74, 6) is 0.232. The van der Waals surface area contributed by atoms with E-state index in [4.69, 9.17) is 11.6 Å². The fourth-order valence-corrected chi connectivity index (χ4v) is 4.33. The Bertz CT molecular complexity index is 1160. The largest absolute Gasteiger partial charge is 0.368 e. The van der Waals surface area contributed by atoms with Gasteiger partial charge in [-0.25, -0.2) is 24.1 Å². The molecule has 0 saturated heterocycles. The van der Waals surface area contributed by atoms with Crippen LogP contribution >= 0.6 is 34.3 Å². The maximum absolute atomic E-state index is 13.7. The highest BCUT2D eigenvalue weighted by Crippen LogP contribution is 2.25. The minimum absolute atomic E-state index is 0.000669. The average Bonchev–Trinajstić information content (AvgIpc) is 3.34. The van der Waals surface area contributed by atoms with Gasteiger partial charge in [0, 0.05) is 29.1 Å². The van der Waals surface area contributed by atoms with Crippen LogP contribution in [0.15, 0.2) is 42.2 Å². The van der Waals surface area contributed by atoms with Crippen LogP contribution < -0.4 is 16.0 Å². The first-order valence-corrected chi connectivity index (χ1v) is 10.6. The molecule has 7 nitrogen and oxygen atoms in total. The molecule has 0 fully saturated rings. The van der Waals surface area contributed by atoms with E-state index in [0.29, 0.717) is 23.1 Å². The molecule has 2 amide bonds. The normalized spacial score (nSPS) is 10.8. The predicted molar refractivity (Wildman–Crippen MR) is 116 cm³/mol. The first-order valence-electron chi connectivity index (χ1n) is 8.48. The fraction of sp³-hybridized carbons (Fsp3) is 0.111. The summed E-state index contributed by atoms with van der Waals surface area (Å²) in [6.07, 6.45) is 3.94. The lowest BCUT2D eigenvalue weighted by atomic mass is 10.3. The molecule has 148 valence electrons. The first kappa shape index (κ1) is 19.5. The zero-order valence-electron chi connectivity index (χ0n) is 14.8. The van der Waals surface area contributed by atoms with Crippen LogP contribution in [0.1, 0.15) is 4.88 Å². The van der Waals surface area contributed by atoms with Crippen molar-refractivity contribution in [2.24, 2.45) is 0 Å². The highest BCUT2D eigenvalue weighted by atomic mass is 35.5. The minimum atomic E-state index is -0.591. The minimum Gasteiger partial charge on any atom is -0.368 e. The summed E-state index contributed by atoms with van der Waals surface area (Å²) >= 11 is 8.75. The Morgan fingerprint density at radius 2 is 2.07 bits per heavy atom. The number of hydrogen-bond acceptors (Lipinski definition) is 7. The van der Waals surface area contributed by atoms with Crippen LogP contribution in [0, 0.1) is 5.82 Å². The predicted octanol–water partition coefficient (Wildman–Crippen LogP) is 5.24. The van der Waals surface area contributed by atoms with Gasteiger partial charge in [-0.2, -0.15) is 0 Å². The number of hydrogen-bond donors (Lipinski definition) is 3. The summed E-state index contributed by atoms with van der Waals surface area (Å²) in [6.45, 7) is 0.658. The van der Waals surface area contributed by atoms with Crippen molar-refractivity contribution in [3.8, 4) is 0 Å². The zero-order chi connectivity index (χ0) is 20.2. The van der Waals surface area contributed by atoms with Gasteiger partial charge in [-0.1, -0.05) is 11.6 Å². The number of anilines is 3. The fourth-order valence-electron chi connectivity index (χ4n) is 2.54. The molecule has 0 aliphatic rings. The number of rotatable bonds is 6. The number of nitrogens with one attached hydrogen (secondary N) is 3. The van der Waals surface area contributed by atoms with Gasteiger partial charge in [0.25, 0.3) is 0 Å². The zero-order valence-corrected chi connectivity index (χ0v) is 17.2. The summed E-state index contributed by atoms with van der Waals surface area (Å²) in [4.78, 5) is 25.7. The standard InChI is InChI=1S/C18H14ClFN6OS2/c19-10-1-2-12(20)14(7-10)25-17(27)26-18-22-8-11(29-18)3-5-21-16-15-13(4-6-28-15)23-9-24-16/h1-2,4,6-9H,3,5H2,(H,21,23,24)(H2,22,25,26,27). The van der Waals surface area contributed by atoms with Crippen molar-refractivity contribution in [1.82, 2.24) is 15.0 Å². The summed E-state index contributed by atoms with van der Waals surface area (Å²) in [5.41, 5.74) is 0.916. The van der Waals surface area contributed by atoms with Crippen LogP contribution in [0.2, 0.25) is 5.02 Å². The Morgan fingerprint density at radius 1 is 1.17 bits per heavy atom. The van der Waals surface area contributed by atoms with E-state index < -0.39 is 11.8 Å². The van der Waals surface area contributed by atoms with Gasteiger partial charge in [-0.05, 0) is 29.6 Å². The Kier molecular flexibility index (Phi) is 5.84. The van der Waals surface area contributed by atoms with Gasteiger partial charge in [0.05, 0.1) is 15.9 Å². The molecule has 3 heterocycles. The molecule has 4 rings (SSSR count). The lowest BCUT2D eigenvalue weighted by molar-refractivity contribution is 0.262. The molecule has 0 aliphatic carbocycles. The molecule has 0 atom stereocenters. The molecule has 29 heavy (non-hydrogen) atoms. The number of urea groups is 1. The molecule has 0 unspecified atom stereocenters. The number of thiophene rings is 1. The van der Waals surface area contributed by atoms with Crippen molar-refractivity contribution >= 4 is 67.2 Å². The second kappa shape index (κ2) is 8.68. The van der Waals surface area contributed by atoms with Crippen molar-refractivity contribution < 1.29 is 9.18 Å². The molecule has 3 N–H and O–H groups in total. The van der Waals surface area contributed by atoms with Crippen molar-refractivity contribution in [1.29, 1.82) is 0 Å². The van der Waals surface area contributed by atoms with Crippen molar-refractivity contribution in [3.05, 3.63) is 57.9 Å². The summed E-state index contributed by atoms with van der Waals surface area (Å²) in [7, 11) is 0. The molecular formula is C18H14ClFN6OS2. The number of aromatic nitrogens is 3. The average molecular weight is 449 g/mol. The molecule has 11 heteroatoms. The number of carbonyl (C=O) groups is 1. The molecule has 1 aromatic carbocycles. The molecule has 3 aromatic heterocycles. The molecule has 0 bridgehead atoms. The second-order valence-electron chi connectivity index (χ2n) is 5.87. The molecule has 0 saturated carbocycles. The number of halogens is 2. The molecule has 0 spiro atoms. The van der Waals surface area contributed by atoms with Gasteiger partial charge in [-0.15, -0.1) is 22.7 Å². The number of nitrogens with zero attached hydrogens (tertiary/aromatic N) is 3. The Morgan fingerprint density at radius 3 is 2.97 bits per heavy atom. The quantitative estimate of drug-likeness (QED) is 0.375. The van der Waals surface area contributed by atoms with Crippen LogP contribution in [-0.4, -0.2) is 27.5 Å². The van der Waals surface area contributed by atoms with E-state index in [2.05, 4.69) is 30.9 Å². The van der Waals surface area contributed by atoms with E-state index in [0.717, 1.165) is 20.9 Å². The third-order valence-corrected chi connectivity index (χ3v) is 5.98. The van der Waals surface area contributed by atoms with E-state index in [1.165, 1.54) is 35.9 Å². The summed E-state index contributed by atoms with van der Waals surface area (Å²) < 4.78 is 14.7. The molecular weight excluding hydrogens is 435 g/mol. The highest BCUT2D eigenvalue weighted by molar-refractivity contribution is 7.17.